The summed E-state index contributed by atoms with van der Waals surface area (Å²) >= 11 is 5.74. The molecule has 7 heteroatoms. The van der Waals surface area contributed by atoms with Crippen LogP contribution in [0.15, 0.2) is 22.7 Å². The van der Waals surface area contributed by atoms with Crippen molar-refractivity contribution < 1.29 is 13.7 Å². The molecule has 1 aromatic heterocycles. The highest BCUT2D eigenvalue weighted by atomic mass is 35.5. The Morgan fingerprint density at radius 2 is 2.23 bits per heavy atom. The van der Waals surface area contributed by atoms with Crippen molar-refractivity contribution in [2.24, 2.45) is 0 Å². The molecule has 116 valence electrons. The van der Waals surface area contributed by atoms with E-state index in [2.05, 4.69) is 10.1 Å². The molecule has 0 radical (unpaired) electrons. The molecule has 1 aliphatic heterocycles. The molecular weight excluding hydrogens is 309 g/mol. The zero-order valence-corrected chi connectivity index (χ0v) is 13.0. The monoisotopic (exact) mass is 323 g/mol. The van der Waals surface area contributed by atoms with E-state index in [0.29, 0.717) is 23.3 Å². The Kier molecular flexibility index (Phi) is 3.87. The van der Waals surface area contributed by atoms with Gasteiger partial charge in [0.2, 0.25) is 11.8 Å². The van der Waals surface area contributed by atoms with E-state index in [0.717, 1.165) is 0 Å². The van der Waals surface area contributed by atoms with Crippen molar-refractivity contribution in [2.45, 2.75) is 32.1 Å². The second-order valence-corrected chi connectivity index (χ2v) is 6.08. The molecule has 1 fully saturated rings. The molecule has 1 aliphatic rings. The normalized spacial score (nSPS) is 18.5. The number of hydrogen-bond acceptors (Lipinski definition) is 4. The van der Waals surface area contributed by atoms with E-state index in [1.165, 1.54) is 17.0 Å². The van der Waals surface area contributed by atoms with Crippen molar-refractivity contribution in [2.75, 3.05) is 11.4 Å². The lowest BCUT2D eigenvalue weighted by atomic mass is 10.1. The largest absolute Gasteiger partial charge is 0.339 e. The van der Waals surface area contributed by atoms with Gasteiger partial charge in [0, 0.05) is 23.9 Å². The number of benzene rings is 1. The molecule has 0 spiro atoms. The predicted octanol–water partition coefficient (Wildman–Crippen LogP) is 3.51. The van der Waals surface area contributed by atoms with E-state index in [4.69, 9.17) is 16.1 Å². The second kappa shape index (κ2) is 5.68. The van der Waals surface area contributed by atoms with Crippen LogP contribution in [-0.4, -0.2) is 22.6 Å². The number of amides is 1. The highest BCUT2D eigenvalue weighted by molar-refractivity contribution is 6.30. The standard InChI is InChI=1S/C15H15ClFN3O2/c1-8(2)14-18-15(22-19-14)9-5-13(21)20(7-9)12-4-3-10(16)6-11(12)17/h3-4,6,8-9H,5,7H2,1-2H3. The topological polar surface area (TPSA) is 59.2 Å². The first-order valence-corrected chi connectivity index (χ1v) is 7.42. The number of rotatable bonds is 3. The summed E-state index contributed by atoms with van der Waals surface area (Å²) in [5.74, 6) is 0.278. The number of nitrogens with zero attached hydrogens (tertiary/aromatic N) is 3. The first-order valence-electron chi connectivity index (χ1n) is 7.04. The molecule has 0 saturated carbocycles. The van der Waals surface area contributed by atoms with Gasteiger partial charge in [0.05, 0.1) is 11.6 Å². The third kappa shape index (κ3) is 2.70. The van der Waals surface area contributed by atoms with Crippen LogP contribution in [0.4, 0.5) is 10.1 Å². The van der Waals surface area contributed by atoms with Crippen molar-refractivity contribution >= 4 is 23.2 Å². The zero-order chi connectivity index (χ0) is 15.9. The lowest BCUT2D eigenvalue weighted by Gasteiger charge is -2.16. The number of anilines is 1. The fourth-order valence-corrected chi connectivity index (χ4v) is 2.61. The minimum atomic E-state index is -0.519. The molecule has 1 amide bonds. The van der Waals surface area contributed by atoms with Gasteiger partial charge in [-0.3, -0.25) is 4.79 Å². The lowest BCUT2D eigenvalue weighted by molar-refractivity contribution is -0.117. The summed E-state index contributed by atoms with van der Waals surface area (Å²) in [5.41, 5.74) is 0.223. The summed E-state index contributed by atoms with van der Waals surface area (Å²) in [6.45, 7) is 4.24. The van der Waals surface area contributed by atoms with E-state index in [1.807, 2.05) is 13.8 Å². The molecule has 0 aliphatic carbocycles. The average Bonchev–Trinajstić information content (AvgIpc) is 3.06. The van der Waals surface area contributed by atoms with Gasteiger partial charge in [0.15, 0.2) is 5.82 Å². The summed E-state index contributed by atoms with van der Waals surface area (Å²) in [5, 5.41) is 4.20. The highest BCUT2D eigenvalue weighted by Gasteiger charge is 2.36. The number of carbonyl (C=O) groups is 1. The maximum absolute atomic E-state index is 14.0. The summed E-state index contributed by atoms with van der Waals surface area (Å²) in [6.07, 6.45) is 0.224. The third-order valence-electron chi connectivity index (χ3n) is 3.65. The molecule has 2 heterocycles. The Labute approximate surface area is 132 Å². The van der Waals surface area contributed by atoms with Crippen LogP contribution in [0.2, 0.25) is 5.02 Å². The van der Waals surface area contributed by atoms with Crippen LogP contribution in [0.3, 0.4) is 0 Å². The van der Waals surface area contributed by atoms with Crippen LogP contribution in [-0.2, 0) is 4.79 Å². The fraction of sp³-hybridized carbons (Fsp3) is 0.400. The average molecular weight is 324 g/mol. The molecule has 1 atom stereocenters. The van der Waals surface area contributed by atoms with E-state index in [1.54, 1.807) is 6.07 Å². The smallest absolute Gasteiger partial charge is 0.232 e. The van der Waals surface area contributed by atoms with Gasteiger partial charge in [-0.25, -0.2) is 4.39 Å². The maximum Gasteiger partial charge on any atom is 0.232 e. The third-order valence-corrected chi connectivity index (χ3v) is 3.88. The van der Waals surface area contributed by atoms with Crippen molar-refractivity contribution in [1.29, 1.82) is 0 Å². The molecular formula is C15H15ClFN3O2. The molecule has 0 bridgehead atoms. The molecule has 1 unspecified atom stereocenters. The summed E-state index contributed by atoms with van der Waals surface area (Å²) in [4.78, 5) is 17.9. The Morgan fingerprint density at radius 1 is 1.45 bits per heavy atom. The van der Waals surface area contributed by atoms with E-state index in [-0.39, 0.29) is 29.9 Å². The van der Waals surface area contributed by atoms with E-state index in [9.17, 15) is 9.18 Å². The van der Waals surface area contributed by atoms with Crippen LogP contribution in [0.5, 0.6) is 0 Å². The highest BCUT2D eigenvalue weighted by Crippen LogP contribution is 2.33. The van der Waals surface area contributed by atoms with Gasteiger partial charge in [0.1, 0.15) is 5.82 Å². The molecule has 0 N–H and O–H groups in total. The molecule has 22 heavy (non-hydrogen) atoms. The molecule has 3 rings (SSSR count). The molecule has 1 aromatic carbocycles. The number of aromatic nitrogens is 2. The van der Waals surface area contributed by atoms with Gasteiger partial charge in [-0.05, 0) is 18.2 Å². The predicted molar refractivity (Wildman–Crippen MR) is 79.5 cm³/mol. The van der Waals surface area contributed by atoms with Gasteiger partial charge >= 0.3 is 0 Å². The van der Waals surface area contributed by atoms with Gasteiger partial charge < -0.3 is 9.42 Å². The van der Waals surface area contributed by atoms with Crippen LogP contribution < -0.4 is 4.90 Å². The Bertz CT molecular complexity index is 717. The minimum Gasteiger partial charge on any atom is -0.339 e. The lowest BCUT2D eigenvalue weighted by Crippen LogP contribution is -2.25. The van der Waals surface area contributed by atoms with Crippen molar-refractivity contribution in [3.8, 4) is 0 Å². The second-order valence-electron chi connectivity index (χ2n) is 5.65. The van der Waals surface area contributed by atoms with E-state index < -0.39 is 5.82 Å². The number of carbonyl (C=O) groups excluding carboxylic acids is 1. The van der Waals surface area contributed by atoms with Crippen LogP contribution in [0.25, 0.3) is 0 Å². The van der Waals surface area contributed by atoms with Gasteiger partial charge in [-0.1, -0.05) is 30.6 Å². The first-order chi connectivity index (χ1) is 10.5. The quantitative estimate of drug-likeness (QED) is 0.867. The number of halogens is 2. The van der Waals surface area contributed by atoms with Crippen LogP contribution in [0.1, 0.15) is 43.8 Å². The van der Waals surface area contributed by atoms with Crippen molar-refractivity contribution in [3.05, 3.63) is 40.8 Å². The zero-order valence-electron chi connectivity index (χ0n) is 12.2. The maximum atomic E-state index is 14.0. The van der Waals surface area contributed by atoms with Crippen molar-refractivity contribution in [1.82, 2.24) is 10.1 Å². The summed E-state index contributed by atoms with van der Waals surface area (Å²) in [6, 6.07) is 4.26. The summed E-state index contributed by atoms with van der Waals surface area (Å²) < 4.78 is 19.2. The Morgan fingerprint density at radius 3 is 2.86 bits per heavy atom. The Balaban J connectivity index is 1.83. The SMILES string of the molecule is CC(C)c1noc(C2CC(=O)N(c3ccc(Cl)cc3F)C2)n1. The fourth-order valence-electron chi connectivity index (χ4n) is 2.45. The van der Waals surface area contributed by atoms with Gasteiger partial charge in [0.25, 0.3) is 0 Å². The molecule has 5 nitrogen and oxygen atoms in total. The number of hydrogen-bond donors (Lipinski definition) is 0. The first kappa shape index (κ1) is 15.0. The molecule has 2 aromatic rings. The van der Waals surface area contributed by atoms with Gasteiger partial charge in [-0.2, -0.15) is 4.98 Å². The van der Waals surface area contributed by atoms with Crippen LogP contribution >= 0.6 is 11.6 Å². The Hall–Kier alpha value is -1.95. The minimum absolute atomic E-state index is 0.152. The van der Waals surface area contributed by atoms with Crippen LogP contribution in [0, 0.1) is 5.82 Å². The van der Waals surface area contributed by atoms with Gasteiger partial charge in [-0.15, -0.1) is 0 Å². The molecule has 1 saturated heterocycles. The van der Waals surface area contributed by atoms with Crippen molar-refractivity contribution in [3.63, 3.8) is 0 Å². The summed E-state index contributed by atoms with van der Waals surface area (Å²) in [7, 11) is 0. The van der Waals surface area contributed by atoms with E-state index >= 15 is 0 Å².